The van der Waals surface area contributed by atoms with Crippen LogP contribution in [0.3, 0.4) is 0 Å². The van der Waals surface area contributed by atoms with E-state index in [9.17, 15) is 18.0 Å². The third-order valence-corrected chi connectivity index (χ3v) is 5.27. The predicted molar refractivity (Wildman–Crippen MR) is 137 cm³/mol. The summed E-state index contributed by atoms with van der Waals surface area (Å²) >= 11 is 5.78. The molecule has 0 saturated heterocycles. The number of fused-ring (bicyclic) bond motifs is 1. The average Bonchev–Trinajstić information content (AvgIpc) is 2.84. The molecule has 2 amide bonds. The fraction of sp³-hybridized carbons (Fsp3) is 0.192. The van der Waals surface area contributed by atoms with Crippen molar-refractivity contribution in [1.29, 1.82) is 0 Å². The molecule has 198 valence electrons. The Morgan fingerprint density at radius 2 is 1.63 bits per heavy atom. The lowest BCUT2D eigenvalue weighted by molar-refractivity contribution is -0.137. The van der Waals surface area contributed by atoms with Crippen LogP contribution in [-0.4, -0.2) is 29.2 Å². The number of aromatic nitrogens is 2. The predicted octanol–water partition coefficient (Wildman–Crippen LogP) is 7.54. The summed E-state index contributed by atoms with van der Waals surface area (Å²) in [5.74, 6) is 1.66. The van der Waals surface area contributed by atoms with Crippen LogP contribution in [0.4, 0.5) is 29.3 Å². The Morgan fingerprint density at radius 3 is 2.34 bits per heavy atom. The maximum absolute atomic E-state index is 13.0. The van der Waals surface area contributed by atoms with Crippen LogP contribution in [0.25, 0.3) is 10.9 Å². The van der Waals surface area contributed by atoms with Crippen LogP contribution in [0, 0.1) is 0 Å². The summed E-state index contributed by atoms with van der Waals surface area (Å²) in [5, 5.41) is 5.32. The lowest BCUT2D eigenvalue weighted by Gasteiger charge is -2.14. The van der Waals surface area contributed by atoms with Crippen LogP contribution in [0.2, 0.25) is 5.02 Å². The van der Waals surface area contributed by atoms with E-state index < -0.39 is 17.8 Å². The second kappa shape index (κ2) is 11.4. The van der Waals surface area contributed by atoms with Crippen molar-refractivity contribution in [2.75, 3.05) is 23.8 Å². The maximum Gasteiger partial charge on any atom is 0.416 e. The Morgan fingerprint density at radius 1 is 0.921 bits per heavy atom. The largest absolute Gasteiger partial charge is 0.490 e. The average molecular weight is 547 g/mol. The summed E-state index contributed by atoms with van der Waals surface area (Å²) < 4.78 is 56.4. The first kappa shape index (κ1) is 26.8. The number of ether oxygens (including phenoxy) is 3. The molecule has 0 aliphatic heterocycles. The Kier molecular flexibility index (Phi) is 8.06. The molecule has 4 aromatic rings. The van der Waals surface area contributed by atoms with Gasteiger partial charge in [0.2, 0.25) is 5.88 Å². The molecule has 0 fully saturated rings. The van der Waals surface area contributed by atoms with Gasteiger partial charge in [0.15, 0.2) is 11.5 Å². The zero-order valence-electron chi connectivity index (χ0n) is 20.2. The van der Waals surface area contributed by atoms with E-state index in [2.05, 4.69) is 20.6 Å². The molecular formula is C26H22ClF3N4O4. The van der Waals surface area contributed by atoms with Crippen LogP contribution in [-0.2, 0) is 6.18 Å². The molecule has 2 N–H and O–H groups in total. The number of nitrogens with zero attached hydrogens (tertiary/aromatic N) is 2. The van der Waals surface area contributed by atoms with Crippen molar-refractivity contribution < 1.29 is 32.2 Å². The zero-order chi connectivity index (χ0) is 27.3. The number of anilines is 2. The lowest BCUT2D eigenvalue weighted by atomic mass is 10.2. The third-order valence-electron chi connectivity index (χ3n) is 5.05. The quantitative estimate of drug-likeness (QED) is 0.237. The molecule has 0 radical (unpaired) electrons. The molecule has 38 heavy (non-hydrogen) atoms. The van der Waals surface area contributed by atoms with Gasteiger partial charge in [0.1, 0.15) is 12.1 Å². The van der Waals surface area contributed by atoms with Gasteiger partial charge in [-0.25, -0.2) is 14.8 Å². The minimum absolute atomic E-state index is 0.112. The number of hydrogen-bond donors (Lipinski definition) is 2. The van der Waals surface area contributed by atoms with Gasteiger partial charge < -0.3 is 24.8 Å². The summed E-state index contributed by atoms with van der Waals surface area (Å²) in [5.41, 5.74) is -0.187. The highest BCUT2D eigenvalue weighted by Gasteiger charge is 2.31. The van der Waals surface area contributed by atoms with Gasteiger partial charge in [-0.05, 0) is 50.2 Å². The van der Waals surface area contributed by atoms with Gasteiger partial charge in [-0.1, -0.05) is 17.7 Å². The van der Waals surface area contributed by atoms with Crippen LogP contribution in [0.5, 0.6) is 23.1 Å². The van der Waals surface area contributed by atoms with E-state index in [0.717, 1.165) is 12.1 Å². The van der Waals surface area contributed by atoms with Crippen molar-refractivity contribution in [2.24, 2.45) is 0 Å². The standard InChI is InChI=1S/C26H22ClF3N4O4/c1-3-36-22-12-20-21(13-23(22)37-4-2)31-14-32-24(20)38-19-7-5-6-17(11-19)33-25(35)34-18-9-15(26(28,29)30)8-16(27)10-18/h5-14H,3-4H2,1-2H3,(H2,33,34,35). The molecule has 0 saturated carbocycles. The molecule has 3 aromatic carbocycles. The van der Waals surface area contributed by atoms with Crippen molar-refractivity contribution >= 4 is 39.9 Å². The van der Waals surface area contributed by atoms with Gasteiger partial charge in [0.05, 0.1) is 29.7 Å². The Balaban J connectivity index is 1.53. The second-order valence-corrected chi connectivity index (χ2v) is 8.23. The number of rotatable bonds is 8. The highest BCUT2D eigenvalue weighted by molar-refractivity contribution is 6.31. The van der Waals surface area contributed by atoms with E-state index in [4.69, 9.17) is 25.8 Å². The van der Waals surface area contributed by atoms with Crippen LogP contribution < -0.4 is 24.8 Å². The maximum atomic E-state index is 13.0. The van der Waals surface area contributed by atoms with Crippen molar-refractivity contribution in [2.45, 2.75) is 20.0 Å². The molecule has 0 atom stereocenters. The van der Waals surface area contributed by atoms with E-state index in [1.54, 1.807) is 30.3 Å². The minimum Gasteiger partial charge on any atom is -0.490 e. The van der Waals surface area contributed by atoms with Gasteiger partial charge in [-0.3, -0.25) is 0 Å². The van der Waals surface area contributed by atoms with Crippen LogP contribution in [0.15, 0.2) is 60.9 Å². The number of halogens is 4. The van der Waals surface area contributed by atoms with Crippen LogP contribution >= 0.6 is 11.6 Å². The zero-order valence-corrected chi connectivity index (χ0v) is 21.0. The summed E-state index contributed by atoms with van der Waals surface area (Å²) in [6.45, 7) is 4.60. The normalized spacial score (nSPS) is 11.2. The summed E-state index contributed by atoms with van der Waals surface area (Å²) in [6, 6.07) is 11.9. The van der Waals surface area contributed by atoms with E-state index in [1.807, 2.05) is 13.8 Å². The van der Waals surface area contributed by atoms with Gasteiger partial charge in [-0.2, -0.15) is 13.2 Å². The SMILES string of the molecule is CCOc1cc2ncnc(Oc3cccc(NC(=O)Nc4cc(Cl)cc(C(F)(F)F)c4)c3)c2cc1OCC. The monoisotopic (exact) mass is 546 g/mol. The number of amides is 2. The molecule has 0 bridgehead atoms. The van der Waals surface area contributed by atoms with E-state index in [-0.39, 0.29) is 16.6 Å². The number of urea groups is 1. The van der Waals surface area contributed by atoms with Crippen LogP contribution in [0.1, 0.15) is 19.4 Å². The summed E-state index contributed by atoms with van der Waals surface area (Å²) in [4.78, 5) is 21.0. The first-order valence-corrected chi connectivity index (χ1v) is 11.8. The Labute approximate surface area is 220 Å². The fourth-order valence-corrected chi connectivity index (χ4v) is 3.76. The van der Waals surface area contributed by atoms with E-state index in [0.29, 0.717) is 47.1 Å². The number of benzene rings is 3. The van der Waals surface area contributed by atoms with E-state index in [1.165, 1.54) is 18.5 Å². The van der Waals surface area contributed by atoms with E-state index >= 15 is 0 Å². The highest BCUT2D eigenvalue weighted by atomic mass is 35.5. The van der Waals surface area contributed by atoms with Gasteiger partial charge >= 0.3 is 12.2 Å². The molecule has 1 aromatic heterocycles. The molecule has 8 nitrogen and oxygen atoms in total. The second-order valence-electron chi connectivity index (χ2n) is 7.80. The van der Waals surface area contributed by atoms with Gasteiger partial charge in [-0.15, -0.1) is 0 Å². The first-order chi connectivity index (χ1) is 18.2. The number of carbonyl (C=O) groups is 1. The lowest BCUT2D eigenvalue weighted by Crippen LogP contribution is -2.19. The molecule has 0 spiro atoms. The number of nitrogens with one attached hydrogen (secondary N) is 2. The van der Waals surface area contributed by atoms with Gasteiger partial charge in [0.25, 0.3) is 0 Å². The van der Waals surface area contributed by atoms with Crippen molar-refractivity contribution in [3.05, 3.63) is 71.5 Å². The smallest absolute Gasteiger partial charge is 0.416 e. The molecule has 12 heteroatoms. The topological polar surface area (TPSA) is 94.6 Å². The molecule has 0 unspecified atom stereocenters. The molecule has 4 rings (SSSR count). The number of hydrogen-bond acceptors (Lipinski definition) is 6. The first-order valence-electron chi connectivity index (χ1n) is 11.4. The molecular weight excluding hydrogens is 525 g/mol. The van der Waals surface area contributed by atoms with Crippen molar-refractivity contribution in [3.8, 4) is 23.1 Å². The highest BCUT2D eigenvalue weighted by Crippen LogP contribution is 2.37. The summed E-state index contributed by atoms with van der Waals surface area (Å²) in [6.07, 6.45) is -3.26. The molecule has 0 aliphatic rings. The number of carbonyl (C=O) groups excluding carboxylic acids is 1. The molecule has 1 heterocycles. The van der Waals surface area contributed by atoms with Crippen molar-refractivity contribution in [3.63, 3.8) is 0 Å². The Hall–Kier alpha value is -4.25. The summed E-state index contributed by atoms with van der Waals surface area (Å²) in [7, 11) is 0. The fourth-order valence-electron chi connectivity index (χ4n) is 3.53. The number of alkyl halides is 3. The molecule has 0 aliphatic carbocycles. The van der Waals surface area contributed by atoms with Crippen molar-refractivity contribution in [1.82, 2.24) is 9.97 Å². The third kappa shape index (κ3) is 6.54. The minimum atomic E-state index is -4.61. The Bertz CT molecular complexity index is 1470. The van der Waals surface area contributed by atoms with Gasteiger partial charge in [0, 0.05) is 28.5 Å².